The second-order valence-corrected chi connectivity index (χ2v) is 3.83. The first kappa shape index (κ1) is 13.5. The van der Waals surface area contributed by atoms with Gasteiger partial charge >= 0.3 is 5.97 Å². The summed E-state index contributed by atoms with van der Waals surface area (Å²) in [6.07, 6.45) is 8.04. The molecular formula is C14H12N4O2. The summed E-state index contributed by atoms with van der Waals surface area (Å²) in [7, 11) is 0. The molecule has 6 heteroatoms. The molecule has 0 bridgehead atoms. The van der Waals surface area contributed by atoms with Gasteiger partial charge in [-0.2, -0.15) is 10.4 Å². The molecule has 0 saturated carbocycles. The van der Waals surface area contributed by atoms with Crippen LogP contribution in [0.25, 0.3) is 12.2 Å². The van der Waals surface area contributed by atoms with Crippen molar-refractivity contribution in [3.63, 3.8) is 0 Å². The van der Waals surface area contributed by atoms with E-state index in [9.17, 15) is 4.79 Å². The van der Waals surface area contributed by atoms with E-state index in [4.69, 9.17) is 10.00 Å². The average Bonchev–Trinajstić information content (AvgIpc) is 2.94. The molecule has 1 N–H and O–H groups in total. The summed E-state index contributed by atoms with van der Waals surface area (Å²) in [5.74, 6) is -0.458. The predicted molar refractivity (Wildman–Crippen MR) is 72.4 cm³/mol. The lowest BCUT2D eigenvalue weighted by Gasteiger charge is -2.00. The van der Waals surface area contributed by atoms with Crippen molar-refractivity contribution < 1.29 is 9.53 Å². The first-order valence-corrected chi connectivity index (χ1v) is 5.99. The van der Waals surface area contributed by atoms with Gasteiger partial charge in [0, 0.05) is 18.0 Å². The van der Waals surface area contributed by atoms with E-state index < -0.39 is 5.97 Å². The third-order valence-electron chi connectivity index (χ3n) is 2.57. The van der Waals surface area contributed by atoms with Crippen molar-refractivity contribution in [3.8, 4) is 6.07 Å². The minimum Gasteiger partial charge on any atom is -0.461 e. The van der Waals surface area contributed by atoms with Crippen LogP contribution in [0.3, 0.4) is 0 Å². The Morgan fingerprint density at radius 1 is 1.45 bits per heavy atom. The fourth-order valence-electron chi connectivity index (χ4n) is 1.61. The minimum atomic E-state index is -0.458. The maximum Gasteiger partial charge on any atom is 0.356 e. The molecule has 0 atom stereocenters. The average molecular weight is 268 g/mol. The Kier molecular flexibility index (Phi) is 4.24. The summed E-state index contributed by atoms with van der Waals surface area (Å²) in [4.78, 5) is 15.6. The first-order valence-electron chi connectivity index (χ1n) is 5.99. The lowest BCUT2D eigenvalue weighted by molar-refractivity contribution is 0.0519. The fraction of sp³-hybridized carbons (Fsp3) is 0.143. The van der Waals surface area contributed by atoms with Gasteiger partial charge in [0.1, 0.15) is 6.07 Å². The summed E-state index contributed by atoms with van der Waals surface area (Å²) in [5, 5.41) is 15.4. The highest BCUT2D eigenvalue weighted by Crippen LogP contribution is 2.13. The third-order valence-corrected chi connectivity index (χ3v) is 2.57. The molecule has 0 unspecified atom stereocenters. The van der Waals surface area contributed by atoms with Gasteiger partial charge in [-0.05, 0) is 18.6 Å². The van der Waals surface area contributed by atoms with Crippen LogP contribution >= 0.6 is 0 Å². The molecule has 0 aromatic carbocycles. The van der Waals surface area contributed by atoms with Gasteiger partial charge in [0.2, 0.25) is 0 Å². The predicted octanol–water partition coefficient (Wildman–Crippen LogP) is 2.02. The highest BCUT2D eigenvalue weighted by atomic mass is 16.5. The van der Waals surface area contributed by atoms with Gasteiger partial charge in [0.15, 0.2) is 5.69 Å². The number of H-pyrrole nitrogens is 1. The summed E-state index contributed by atoms with van der Waals surface area (Å²) < 4.78 is 4.92. The van der Waals surface area contributed by atoms with Gasteiger partial charge in [0.05, 0.1) is 18.4 Å². The molecule has 0 aliphatic rings. The van der Waals surface area contributed by atoms with Gasteiger partial charge in [-0.1, -0.05) is 12.2 Å². The van der Waals surface area contributed by atoms with Gasteiger partial charge < -0.3 is 4.74 Å². The van der Waals surface area contributed by atoms with Crippen LogP contribution in [0.15, 0.2) is 24.7 Å². The number of hydrogen-bond donors (Lipinski definition) is 1. The lowest BCUT2D eigenvalue weighted by atomic mass is 10.1. The highest BCUT2D eigenvalue weighted by molar-refractivity contribution is 5.92. The number of aromatic amines is 1. The van der Waals surface area contributed by atoms with E-state index in [1.54, 1.807) is 31.3 Å². The van der Waals surface area contributed by atoms with Gasteiger partial charge in [-0.25, -0.2) is 4.79 Å². The Bertz CT molecular complexity index is 682. The summed E-state index contributed by atoms with van der Waals surface area (Å²) in [6, 6.07) is 3.78. The Balaban J connectivity index is 2.27. The van der Waals surface area contributed by atoms with Gasteiger partial charge in [0.25, 0.3) is 0 Å². The van der Waals surface area contributed by atoms with E-state index >= 15 is 0 Å². The molecule has 0 aliphatic carbocycles. The molecule has 2 rings (SSSR count). The number of hydrogen-bond acceptors (Lipinski definition) is 5. The molecular weight excluding hydrogens is 256 g/mol. The molecule has 2 heterocycles. The molecule has 0 amide bonds. The van der Waals surface area contributed by atoms with E-state index in [-0.39, 0.29) is 5.69 Å². The van der Waals surface area contributed by atoms with Crippen LogP contribution in [0, 0.1) is 11.3 Å². The number of rotatable bonds is 4. The SMILES string of the molecule is CCOC(=O)c1[nH]ncc1/C=C/c1ccncc1C#N. The van der Waals surface area contributed by atoms with Crippen LogP contribution in [0.1, 0.15) is 34.1 Å². The van der Waals surface area contributed by atoms with Gasteiger partial charge in [-0.3, -0.25) is 10.1 Å². The zero-order valence-corrected chi connectivity index (χ0v) is 10.8. The molecule has 0 spiro atoms. The number of esters is 1. The fourth-order valence-corrected chi connectivity index (χ4v) is 1.61. The lowest BCUT2D eigenvalue weighted by Crippen LogP contribution is -2.06. The van der Waals surface area contributed by atoms with E-state index in [1.165, 1.54) is 12.4 Å². The third kappa shape index (κ3) is 2.90. The molecule has 20 heavy (non-hydrogen) atoms. The van der Waals surface area contributed by atoms with Crippen molar-refractivity contribution in [2.45, 2.75) is 6.92 Å². The van der Waals surface area contributed by atoms with Crippen molar-refractivity contribution in [2.75, 3.05) is 6.61 Å². The zero-order valence-electron chi connectivity index (χ0n) is 10.8. The second-order valence-electron chi connectivity index (χ2n) is 3.83. The largest absolute Gasteiger partial charge is 0.461 e. The smallest absolute Gasteiger partial charge is 0.356 e. The topological polar surface area (TPSA) is 91.7 Å². The minimum absolute atomic E-state index is 0.288. The summed E-state index contributed by atoms with van der Waals surface area (Å²) in [5.41, 5.74) is 2.07. The number of nitrogens with one attached hydrogen (secondary N) is 1. The van der Waals surface area contributed by atoms with E-state index in [1.807, 2.05) is 0 Å². The number of carbonyl (C=O) groups excluding carboxylic acids is 1. The standard InChI is InChI=1S/C14H12N4O2/c1-2-20-14(19)13-11(9-17-18-13)4-3-10-5-6-16-8-12(10)7-15/h3-6,8-9H,2H2,1H3,(H,17,18)/b4-3+. The Hall–Kier alpha value is -2.94. The Morgan fingerprint density at radius 2 is 2.25 bits per heavy atom. The molecule has 2 aromatic heterocycles. The van der Waals surface area contributed by atoms with Gasteiger partial charge in [-0.15, -0.1) is 0 Å². The molecule has 0 aliphatic heterocycles. The quantitative estimate of drug-likeness (QED) is 0.856. The highest BCUT2D eigenvalue weighted by Gasteiger charge is 2.12. The van der Waals surface area contributed by atoms with Crippen molar-refractivity contribution >= 4 is 18.1 Å². The zero-order chi connectivity index (χ0) is 14.4. The van der Waals surface area contributed by atoms with Crippen molar-refractivity contribution in [2.24, 2.45) is 0 Å². The molecule has 6 nitrogen and oxygen atoms in total. The number of aromatic nitrogens is 3. The van der Waals surface area contributed by atoms with Crippen LogP contribution in [-0.4, -0.2) is 27.8 Å². The van der Waals surface area contributed by atoms with Crippen molar-refractivity contribution in [1.82, 2.24) is 15.2 Å². The second kappa shape index (κ2) is 6.29. The number of ether oxygens (including phenoxy) is 1. The Morgan fingerprint density at radius 3 is 3.00 bits per heavy atom. The summed E-state index contributed by atoms with van der Waals surface area (Å²) >= 11 is 0. The molecule has 100 valence electrons. The molecule has 0 radical (unpaired) electrons. The number of pyridine rings is 1. The normalized spacial score (nSPS) is 10.4. The van der Waals surface area contributed by atoms with Crippen LogP contribution in [0.2, 0.25) is 0 Å². The number of carbonyl (C=O) groups is 1. The van der Waals surface area contributed by atoms with E-state index in [2.05, 4.69) is 21.3 Å². The monoisotopic (exact) mass is 268 g/mol. The van der Waals surface area contributed by atoms with E-state index in [0.29, 0.717) is 17.7 Å². The molecule has 0 saturated heterocycles. The van der Waals surface area contributed by atoms with E-state index in [0.717, 1.165) is 5.56 Å². The molecule has 2 aromatic rings. The maximum absolute atomic E-state index is 11.7. The number of nitriles is 1. The summed E-state index contributed by atoms with van der Waals surface area (Å²) in [6.45, 7) is 2.03. The first-order chi connectivity index (χ1) is 9.76. The number of nitrogens with zero attached hydrogens (tertiary/aromatic N) is 3. The Labute approximate surface area is 115 Å². The van der Waals surface area contributed by atoms with Crippen LogP contribution < -0.4 is 0 Å². The van der Waals surface area contributed by atoms with Crippen LogP contribution in [0.5, 0.6) is 0 Å². The van der Waals surface area contributed by atoms with Crippen LogP contribution in [-0.2, 0) is 4.74 Å². The molecule has 0 fully saturated rings. The maximum atomic E-state index is 11.7. The van der Waals surface area contributed by atoms with Crippen molar-refractivity contribution in [3.05, 3.63) is 47.0 Å². The van der Waals surface area contributed by atoms with Crippen LogP contribution in [0.4, 0.5) is 0 Å². The van der Waals surface area contributed by atoms with Crippen molar-refractivity contribution in [1.29, 1.82) is 5.26 Å².